The Morgan fingerprint density at radius 2 is 1.84 bits per heavy atom. The van der Waals surface area contributed by atoms with Crippen LogP contribution < -0.4 is 4.90 Å². The average Bonchev–Trinajstić information content (AvgIpc) is 2.93. The number of thiocarbonyl (C=S) groups is 1. The van der Waals surface area contributed by atoms with Crippen LogP contribution in [-0.2, 0) is 14.4 Å². The molecule has 1 aromatic carbocycles. The van der Waals surface area contributed by atoms with Gasteiger partial charge in [-0.2, -0.15) is 0 Å². The minimum absolute atomic E-state index is 0.223. The summed E-state index contributed by atoms with van der Waals surface area (Å²) >= 11 is 6.42. The second-order valence-electron chi connectivity index (χ2n) is 6.69. The molecule has 130 valence electrons. The highest BCUT2D eigenvalue weighted by Crippen LogP contribution is 2.45. The van der Waals surface area contributed by atoms with Gasteiger partial charge in [-0.05, 0) is 26.8 Å². The van der Waals surface area contributed by atoms with Crippen LogP contribution in [0, 0.1) is 0 Å². The SMILES string of the molecule is CC(C)(C)N1C(=O)C(=C2C(=O)N(CC(=O)O)c3ccccc32)SC1=S. The molecule has 1 fully saturated rings. The second-order valence-corrected chi connectivity index (χ2v) is 8.33. The summed E-state index contributed by atoms with van der Waals surface area (Å²) in [5, 5.41) is 9.10. The van der Waals surface area contributed by atoms with Gasteiger partial charge in [0.1, 0.15) is 10.9 Å². The molecule has 0 spiro atoms. The van der Waals surface area contributed by atoms with Crippen LogP contribution in [0.1, 0.15) is 26.3 Å². The van der Waals surface area contributed by atoms with Crippen LogP contribution in [0.25, 0.3) is 5.57 Å². The molecular formula is C17H16N2O4S2. The number of anilines is 1. The average molecular weight is 376 g/mol. The Bertz CT molecular complexity index is 854. The number of thioether (sulfide) groups is 1. The van der Waals surface area contributed by atoms with E-state index in [1.165, 1.54) is 9.80 Å². The molecule has 0 unspecified atom stereocenters. The first-order valence-electron chi connectivity index (χ1n) is 7.56. The van der Waals surface area contributed by atoms with E-state index in [9.17, 15) is 14.4 Å². The summed E-state index contributed by atoms with van der Waals surface area (Å²) in [4.78, 5) is 39.8. The fraction of sp³-hybridized carbons (Fsp3) is 0.294. The smallest absolute Gasteiger partial charge is 0.323 e. The molecule has 2 aliphatic heterocycles. The Hall–Kier alpha value is -2.19. The molecule has 1 N–H and O–H groups in total. The summed E-state index contributed by atoms with van der Waals surface area (Å²) in [6.45, 7) is 5.14. The van der Waals surface area contributed by atoms with Crippen molar-refractivity contribution >= 4 is 57.3 Å². The van der Waals surface area contributed by atoms with Gasteiger partial charge in [0.25, 0.3) is 11.8 Å². The number of carboxylic acid groups (broad SMARTS) is 1. The molecule has 1 aromatic rings. The predicted molar refractivity (Wildman–Crippen MR) is 100 cm³/mol. The third kappa shape index (κ3) is 2.85. The van der Waals surface area contributed by atoms with Crippen molar-refractivity contribution in [1.29, 1.82) is 0 Å². The van der Waals surface area contributed by atoms with Crippen molar-refractivity contribution in [3.63, 3.8) is 0 Å². The van der Waals surface area contributed by atoms with Crippen molar-refractivity contribution in [2.24, 2.45) is 0 Å². The number of hydrogen-bond donors (Lipinski definition) is 1. The van der Waals surface area contributed by atoms with E-state index in [-0.39, 0.29) is 16.4 Å². The molecule has 8 heteroatoms. The number of para-hydroxylation sites is 1. The van der Waals surface area contributed by atoms with Gasteiger partial charge in [-0.25, -0.2) is 0 Å². The minimum atomic E-state index is -1.12. The highest BCUT2D eigenvalue weighted by molar-refractivity contribution is 8.26. The number of rotatable bonds is 2. The lowest BCUT2D eigenvalue weighted by atomic mass is 10.0. The lowest BCUT2D eigenvalue weighted by molar-refractivity contribution is -0.136. The standard InChI is InChI=1S/C17H16N2O4S2/c1-17(2,3)19-15(23)13(25-16(19)24)12-9-6-4-5-7-10(9)18(14(12)22)8-11(20)21/h4-7H,8H2,1-3H3,(H,20,21). The van der Waals surface area contributed by atoms with E-state index in [0.29, 0.717) is 15.6 Å². The number of amides is 2. The number of carbonyl (C=O) groups excluding carboxylic acids is 2. The third-order valence-corrected chi connectivity index (χ3v) is 5.26. The van der Waals surface area contributed by atoms with Gasteiger partial charge < -0.3 is 5.11 Å². The summed E-state index contributed by atoms with van der Waals surface area (Å²) in [5.74, 6) is -1.93. The number of aliphatic carboxylic acids is 1. The van der Waals surface area contributed by atoms with E-state index >= 15 is 0 Å². The number of benzene rings is 1. The number of carboxylic acids is 1. The normalized spacial score (nSPS) is 20.5. The summed E-state index contributed by atoms with van der Waals surface area (Å²) < 4.78 is 0.391. The molecule has 0 atom stereocenters. The Balaban J connectivity index is 2.16. The molecule has 1 saturated heterocycles. The maximum atomic E-state index is 12.9. The molecule has 0 saturated carbocycles. The highest BCUT2D eigenvalue weighted by Gasteiger charge is 2.45. The van der Waals surface area contributed by atoms with E-state index in [2.05, 4.69) is 0 Å². The van der Waals surface area contributed by atoms with Crippen LogP contribution >= 0.6 is 24.0 Å². The van der Waals surface area contributed by atoms with Gasteiger partial charge in [-0.3, -0.25) is 24.2 Å². The van der Waals surface area contributed by atoms with Crippen LogP contribution in [0.5, 0.6) is 0 Å². The maximum absolute atomic E-state index is 12.9. The number of fused-ring (bicyclic) bond motifs is 1. The molecule has 2 heterocycles. The van der Waals surface area contributed by atoms with Gasteiger partial charge in [0.05, 0.1) is 16.2 Å². The fourth-order valence-electron chi connectivity index (χ4n) is 2.89. The quantitative estimate of drug-likeness (QED) is 0.631. The molecular weight excluding hydrogens is 360 g/mol. The number of carbonyl (C=O) groups is 3. The fourth-order valence-corrected chi connectivity index (χ4v) is 4.60. The Morgan fingerprint density at radius 1 is 1.20 bits per heavy atom. The van der Waals surface area contributed by atoms with Crippen LogP contribution in [0.3, 0.4) is 0 Å². The number of nitrogens with zero attached hydrogens (tertiary/aromatic N) is 2. The Labute approximate surface area is 154 Å². The van der Waals surface area contributed by atoms with E-state index in [1.54, 1.807) is 24.3 Å². The predicted octanol–water partition coefficient (Wildman–Crippen LogP) is 2.49. The summed E-state index contributed by atoms with van der Waals surface area (Å²) in [7, 11) is 0. The molecule has 0 radical (unpaired) electrons. The largest absolute Gasteiger partial charge is 0.480 e. The molecule has 6 nitrogen and oxygen atoms in total. The van der Waals surface area contributed by atoms with Crippen LogP contribution in [0.15, 0.2) is 29.2 Å². The molecule has 3 rings (SSSR count). The van der Waals surface area contributed by atoms with Crippen molar-refractivity contribution in [2.75, 3.05) is 11.4 Å². The minimum Gasteiger partial charge on any atom is -0.480 e. The Kier molecular flexibility index (Phi) is 4.20. The molecule has 0 aromatic heterocycles. The first-order valence-corrected chi connectivity index (χ1v) is 8.79. The summed E-state index contributed by atoms with van der Waals surface area (Å²) in [6, 6.07) is 6.87. The molecule has 0 bridgehead atoms. The van der Waals surface area contributed by atoms with Crippen LogP contribution in [0.2, 0.25) is 0 Å². The molecule has 2 amide bonds. The van der Waals surface area contributed by atoms with Crippen molar-refractivity contribution in [2.45, 2.75) is 26.3 Å². The van der Waals surface area contributed by atoms with Crippen molar-refractivity contribution in [3.05, 3.63) is 34.7 Å². The molecule has 0 aliphatic carbocycles. The van der Waals surface area contributed by atoms with Crippen LogP contribution in [0.4, 0.5) is 5.69 Å². The first kappa shape index (κ1) is 17.6. The van der Waals surface area contributed by atoms with E-state index in [4.69, 9.17) is 17.3 Å². The monoisotopic (exact) mass is 376 g/mol. The molecule has 2 aliphatic rings. The Morgan fingerprint density at radius 3 is 2.40 bits per heavy atom. The van der Waals surface area contributed by atoms with Gasteiger partial charge >= 0.3 is 5.97 Å². The maximum Gasteiger partial charge on any atom is 0.323 e. The lowest BCUT2D eigenvalue weighted by Gasteiger charge is -2.30. The van der Waals surface area contributed by atoms with Gasteiger partial charge in [0, 0.05) is 11.1 Å². The molecule has 25 heavy (non-hydrogen) atoms. The zero-order valence-electron chi connectivity index (χ0n) is 13.9. The van der Waals surface area contributed by atoms with E-state index in [1.807, 2.05) is 20.8 Å². The van der Waals surface area contributed by atoms with E-state index in [0.717, 1.165) is 11.8 Å². The first-order chi connectivity index (χ1) is 11.6. The topological polar surface area (TPSA) is 77.9 Å². The zero-order chi connectivity index (χ0) is 18.5. The van der Waals surface area contributed by atoms with E-state index < -0.39 is 24.0 Å². The van der Waals surface area contributed by atoms with Crippen LogP contribution in [-0.4, -0.2) is 44.2 Å². The highest BCUT2D eigenvalue weighted by atomic mass is 32.2. The van der Waals surface area contributed by atoms with Gasteiger partial charge in [0.2, 0.25) is 0 Å². The summed E-state index contributed by atoms with van der Waals surface area (Å²) in [5.41, 5.74) is 0.765. The van der Waals surface area contributed by atoms with Crippen molar-refractivity contribution in [3.8, 4) is 0 Å². The van der Waals surface area contributed by atoms with Gasteiger partial charge in [-0.1, -0.05) is 42.2 Å². The van der Waals surface area contributed by atoms with Crippen molar-refractivity contribution < 1.29 is 19.5 Å². The van der Waals surface area contributed by atoms with Crippen molar-refractivity contribution in [1.82, 2.24) is 4.90 Å². The second kappa shape index (κ2) is 5.96. The zero-order valence-corrected chi connectivity index (χ0v) is 15.5. The van der Waals surface area contributed by atoms with Gasteiger partial charge in [-0.15, -0.1) is 0 Å². The summed E-state index contributed by atoms with van der Waals surface area (Å²) in [6.07, 6.45) is 0. The third-order valence-electron chi connectivity index (χ3n) is 3.88. The lowest BCUT2D eigenvalue weighted by Crippen LogP contribution is -2.44. The number of hydrogen-bond acceptors (Lipinski definition) is 5. The van der Waals surface area contributed by atoms with Gasteiger partial charge in [0.15, 0.2) is 0 Å².